The maximum atomic E-state index is 13.6. The lowest BCUT2D eigenvalue weighted by Gasteiger charge is -2.13. The number of hydrogen-bond donors (Lipinski definition) is 0. The van der Waals surface area contributed by atoms with Crippen LogP contribution in [0.15, 0.2) is 97.1 Å². The molecule has 4 rings (SSSR count). The lowest BCUT2D eigenvalue weighted by Crippen LogP contribution is -2.18. The first-order valence-electron chi connectivity index (χ1n) is 16.0. The zero-order chi connectivity index (χ0) is 37.3. The summed E-state index contributed by atoms with van der Waals surface area (Å²) in [6, 6.07) is 23.4. The maximum Gasteiger partial charge on any atom is 0.511 e. The molecule has 4 aromatic carbocycles. The van der Waals surface area contributed by atoms with Gasteiger partial charge in [0.2, 0.25) is 13.6 Å². The molecule has 0 saturated heterocycles. The Balaban J connectivity index is 1.45. The molecule has 0 saturated carbocycles. The summed E-state index contributed by atoms with van der Waals surface area (Å²) in [5.74, 6) is -3.55. The van der Waals surface area contributed by atoms with E-state index in [9.17, 15) is 28.8 Å². The van der Waals surface area contributed by atoms with Crippen LogP contribution in [-0.2, 0) is 28.7 Å². The number of para-hydroxylation sites is 2. The number of benzene rings is 4. The molecule has 0 N–H and O–H groups in total. The highest BCUT2D eigenvalue weighted by molar-refractivity contribution is 6.17. The van der Waals surface area contributed by atoms with Crippen molar-refractivity contribution >= 4 is 35.8 Å². The third-order valence-electron chi connectivity index (χ3n) is 6.87. The fourth-order valence-corrected chi connectivity index (χ4v) is 4.47. The average Bonchev–Trinajstić information content (AvgIpc) is 3.18. The summed E-state index contributed by atoms with van der Waals surface area (Å²) in [6.45, 7) is 2.89. The first-order valence-corrected chi connectivity index (χ1v) is 16.0. The van der Waals surface area contributed by atoms with Crippen LogP contribution in [0.1, 0.15) is 79.2 Å². The van der Waals surface area contributed by atoms with Gasteiger partial charge < -0.3 is 28.4 Å². The van der Waals surface area contributed by atoms with Crippen LogP contribution >= 0.6 is 0 Å². The van der Waals surface area contributed by atoms with Crippen molar-refractivity contribution in [1.29, 1.82) is 0 Å². The van der Waals surface area contributed by atoms with Crippen molar-refractivity contribution in [1.82, 2.24) is 0 Å². The first-order chi connectivity index (χ1) is 25.2. The summed E-state index contributed by atoms with van der Waals surface area (Å²) in [5.41, 5.74) is -0.651. The van der Waals surface area contributed by atoms with E-state index < -0.39 is 49.4 Å². The molecule has 0 aliphatic carbocycles. The summed E-state index contributed by atoms with van der Waals surface area (Å²) in [4.78, 5) is 86.5. The molecule has 0 bridgehead atoms. The van der Waals surface area contributed by atoms with E-state index in [1.165, 1.54) is 72.8 Å². The van der Waals surface area contributed by atoms with Gasteiger partial charge in [-0.05, 0) is 49.2 Å². The van der Waals surface area contributed by atoms with Gasteiger partial charge in [-0.25, -0.2) is 29.0 Å². The van der Waals surface area contributed by atoms with E-state index in [0.29, 0.717) is 12.8 Å². The van der Waals surface area contributed by atoms with E-state index in [1.54, 1.807) is 24.3 Å². The summed E-state index contributed by atoms with van der Waals surface area (Å²) in [5, 5.41) is 0. The average molecular weight is 715 g/mol. The fraction of sp³-hybridized carbons (Fsp3) is 0.211. The SMILES string of the molecule is CCCOC(=O)OCOc1ccccc1C(=O)c1ccccc1C(=O)OOC(=O)c1ccccc1C(=O)c1ccccc1OCOC(=O)OCCC. The van der Waals surface area contributed by atoms with Crippen molar-refractivity contribution in [3.8, 4) is 11.5 Å². The largest absolute Gasteiger partial charge is 0.511 e. The third kappa shape index (κ3) is 10.4. The molecule has 14 nitrogen and oxygen atoms in total. The summed E-state index contributed by atoms with van der Waals surface area (Å²) >= 11 is 0. The molecule has 0 heterocycles. The molecule has 0 spiro atoms. The highest BCUT2D eigenvalue weighted by atomic mass is 17.2. The van der Waals surface area contributed by atoms with E-state index in [4.69, 9.17) is 38.2 Å². The zero-order valence-corrected chi connectivity index (χ0v) is 28.2. The second-order valence-electron chi connectivity index (χ2n) is 10.5. The maximum absolute atomic E-state index is 13.6. The lowest BCUT2D eigenvalue weighted by molar-refractivity contribution is -0.187. The Morgan fingerprint density at radius 1 is 0.423 bits per heavy atom. The summed E-state index contributed by atoms with van der Waals surface area (Å²) in [6.07, 6.45) is -0.672. The second-order valence-corrected chi connectivity index (χ2v) is 10.5. The first kappa shape index (κ1) is 38.1. The standard InChI is InChI=1S/C38H34O14/c1-3-21-45-37(43)49-23-47-31-19-11-9-17-29(31)33(39)25-13-5-7-15-27(25)35(41)51-52-36(42)28-16-8-6-14-26(28)34(40)30-18-10-12-20-32(30)48-24-50-38(44)46-22-4-2/h5-20H,3-4,21-24H2,1-2H3. The molecule has 0 aliphatic heterocycles. The third-order valence-corrected chi connectivity index (χ3v) is 6.87. The highest BCUT2D eigenvalue weighted by Crippen LogP contribution is 2.26. The quantitative estimate of drug-likeness (QED) is 0.0386. The predicted molar refractivity (Wildman–Crippen MR) is 180 cm³/mol. The highest BCUT2D eigenvalue weighted by Gasteiger charge is 2.26. The molecular weight excluding hydrogens is 680 g/mol. The van der Waals surface area contributed by atoms with Gasteiger partial charge in [0.05, 0.1) is 35.5 Å². The van der Waals surface area contributed by atoms with E-state index in [1.807, 2.05) is 13.8 Å². The number of ketones is 2. The minimum Gasteiger partial charge on any atom is -0.456 e. The number of carbonyl (C=O) groups excluding carboxylic acids is 6. The van der Waals surface area contributed by atoms with Gasteiger partial charge >= 0.3 is 24.2 Å². The fourth-order valence-electron chi connectivity index (χ4n) is 4.47. The van der Waals surface area contributed by atoms with Gasteiger partial charge in [-0.15, -0.1) is 0 Å². The molecule has 270 valence electrons. The van der Waals surface area contributed by atoms with E-state index in [0.717, 1.165) is 0 Å². The monoisotopic (exact) mass is 714 g/mol. The minimum absolute atomic E-state index is 0.0324. The van der Waals surface area contributed by atoms with Crippen LogP contribution in [0.2, 0.25) is 0 Å². The number of ether oxygens (including phenoxy) is 6. The summed E-state index contributed by atoms with van der Waals surface area (Å²) < 4.78 is 30.3. The molecular formula is C38H34O14. The van der Waals surface area contributed by atoms with E-state index in [-0.39, 0.29) is 58.1 Å². The smallest absolute Gasteiger partial charge is 0.456 e. The Morgan fingerprint density at radius 2 is 0.750 bits per heavy atom. The van der Waals surface area contributed by atoms with Crippen LogP contribution in [0.5, 0.6) is 11.5 Å². The molecule has 4 aromatic rings. The Bertz CT molecular complexity index is 1760. The van der Waals surface area contributed by atoms with E-state index >= 15 is 0 Å². The molecule has 0 aromatic heterocycles. The van der Waals surface area contributed by atoms with Gasteiger partial charge in [0, 0.05) is 11.1 Å². The molecule has 0 amide bonds. The van der Waals surface area contributed by atoms with Crippen molar-refractivity contribution in [2.75, 3.05) is 26.8 Å². The van der Waals surface area contributed by atoms with Crippen LogP contribution in [0.4, 0.5) is 9.59 Å². The van der Waals surface area contributed by atoms with Crippen molar-refractivity contribution in [2.24, 2.45) is 0 Å². The van der Waals surface area contributed by atoms with Crippen LogP contribution in [0.25, 0.3) is 0 Å². The minimum atomic E-state index is -1.18. The zero-order valence-electron chi connectivity index (χ0n) is 28.2. The Hall–Kier alpha value is -6.70. The van der Waals surface area contributed by atoms with Crippen molar-refractivity contribution in [3.05, 3.63) is 130 Å². The Kier molecular flexibility index (Phi) is 14.3. The summed E-state index contributed by atoms with van der Waals surface area (Å²) in [7, 11) is 0. The number of carbonyl (C=O) groups is 6. The molecule has 0 aliphatic rings. The van der Waals surface area contributed by atoms with Gasteiger partial charge in [-0.2, -0.15) is 0 Å². The lowest BCUT2D eigenvalue weighted by atomic mass is 9.97. The number of hydrogen-bond acceptors (Lipinski definition) is 14. The van der Waals surface area contributed by atoms with Crippen LogP contribution in [0.3, 0.4) is 0 Å². The molecule has 0 radical (unpaired) electrons. The van der Waals surface area contributed by atoms with Crippen molar-refractivity contribution in [3.63, 3.8) is 0 Å². The van der Waals surface area contributed by atoms with Gasteiger partial charge in [0.1, 0.15) is 11.5 Å². The van der Waals surface area contributed by atoms with Gasteiger partial charge in [-0.1, -0.05) is 74.5 Å². The van der Waals surface area contributed by atoms with Crippen LogP contribution in [0, 0.1) is 0 Å². The van der Waals surface area contributed by atoms with Gasteiger partial charge in [-0.3, -0.25) is 9.59 Å². The Labute approximate surface area is 298 Å². The molecule has 0 fully saturated rings. The molecule has 52 heavy (non-hydrogen) atoms. The topological polar surface area (TPSA) is 176 Å². The van der Waals surface area contributed by atoms with Crippen molar-refractivity contribution < 1.29 is 67.0 Å². The van der Waals surface area contributed by atoms with Crippen molar-refractivity contribution in [2.45, 2.75) is 26.7 Å². The Morgan fingerprint density at radius 3 is 1.12 bits per heavy atom. The molecule has 0 unspecified atom stereocenters. The van der Waals surface area contributed by atoms with Gasteiger partial charge in [0.15, 0.2) is 11.6 Å². The second kappa shape index (κ2) is 19.5. The van der Waals surface area contributed by atoms with Crippen LogP contribution < -0.4 is 9.47 Å². The number of rotatable bonds is 16. The van der Waals surface area contributed by atoms with Crippen LogP contribution in [-0.4, -0.2) is 62.6 Å². The van der Waals surface area contributed by atoms with E-state index in [2.05, 4.69) is 0 Å². The molecule has 14 heteroatoms. The van der Waals surface area contributed by atoms with Gasteiger partial charge in [0.25, 0.3) is 0 Å². The molecule has 0 atom stereocenters. The normalized spacial score (nSPS) is 10.3. The predicted octanol–water partition coefficient (Wildman–Crippen LogP) is 6.88.